The molecule has 0 aliphatic rings. The lowest BCUT2D eigenvalue weighted by Crippen LogP contribution is -2.25. The summed E-state index contributed by atoms with van der Waals surface area (Å²) in [5.41, 5.74) is 8.15. The minimum atomic E-state index is 0.183. The lowest BCUT2D eigenvalue weighted by atomic mass is 10.2. The van der Waals surface area contributed by atoms with Crippen LogP contribution in [0.15, 0.2) is 24.3 Å². The van der Waals surface area contributed by atoms with E-state index in [1.165, 1.54) is 5.56 Å². The monoisotopic (exact) mass is 207 g/mol. The molecule has 1 rings (SSSR count). The second-order valence-electron chi connectivity index (χ2n) is 4.30. The van der Waals surface area contributed by atoms with Gasteiger partial charge in [-0.25, -0.2) is 0 Å². The molecule has 0 fully saturated rings. The van der Waals surface area contributed by atoms with E-state index in [-0.39, 0.29) is 6.04 Å². The number of nitrogens with one attached hydrogen (secondary N) is 1. The van der Waals surface area contributed by atoms with Crippen LogP contribution in [0, 0.1) is 0 Å². The van der Waals surface area contributed by atoms with Gasteiger partial charge in [-0.2, -0.15) is 0 Å². The number of hydrogen-bond acceptors (Lipinski definition) is 3. The van der Waals surface area contributed by atoms with Gasteiger partial charge in [-0.15, -0.1) is 0 Å². The second kappa shape index (κ2) is 5.73. The van der Waals surface area contributed by atoms with E-state index in [0.29, 0.717) is 0 Å². The van der Waals surface area contributed by atoms with Crippen molar-refractivity contribution in [2.75, 3.05) is 26.0 Å². The van der Waals surface area contributed by atoms with Crippen molar-refractivity contribution < 1.29 is 0 Å². The quantitative estimate of drug-likeness (QED) is 0.769. The average molecular weight is 207 g/mol. The molecule has 0 aliphatic carbocycles. The van der Waals surface area contributed by atoms with E-state index in [2.05, 4.69) is 48.6 Å². The van der Waals surface area contributed by atoms with E-state index < -0.39 is 0 Å². The first-order valence-electron chi connectivity index (χ1n) is 5.31. The van der Waals surface area contributed by atoms with Crippen molar-refractivity contribution in [1.82, 2.24) is 4.90 Å². The average Bonchev–Trinajstić information content (AvgIpc) is 2.14. The molecular formula is C12H21N3. The van der Waals surface area contributed by atoms with Gasteiger partial charge in [0.15, 0.2) is 0 Å². The van der Waals surface area contributed by atoms with Gasteiger partial charge in [0.1, 0.15) is 0 Å². The fraction of sp³-hybridized carbons (Fsp3) is 0.500. The van der Waals surface area contributed by atoms with Crippen LogP contribution in [-0.2, 0) is 6.54 Å². The van der Waals surface area contributed by atoms with Gasteiger partial charge >= 0.3 is 0 Å². The van der Waals surface area contributed by atoms with Crippen LogP contribution in [0.4, 0.5) is 5.69 Å². The first kappa shape index (κ1) is 12.0. The summed E-state index contributed by atoms with van der Waals surface area (Å²) in [6, 6.07) is 8.63. The third kappa shape index (κ3) is 4.81. The van der Waals surface area contributed by atoms with Gasteiger partial charge in [0.2, 0.25) is 0 Å². The standard InChI is InChI=1S/C12H21N3/c1-10(13)8-14-12-6-4-5-11(7-12)9-15(2)3/h4-7,10,14H,8-9,13H2,1-3H3. The molecule has 0 amide bonds. The molecule has 0 aromatic heterocycles. The zero-order valence-corrected chi connectivity index (χ0v) is 9.83. The van der Waals surface area contributed by atoms with Gasteiger partial charge in [-0.05, 0) is 38.7 Å². The summed E-state index contributed by atoms with van der Waals surface area (Å²) in [5.74, 6) is 0. The first-order chi connectivity index (χ1) is 7.08. The van der Waals surface area contributed by atoms with E-state index in [4.69, 9.17) is 5.73 Å². The molecule has 0 radical (unpaired) electrons. The second-order valence-corrected chi connectivity index (χ2v) is 4.30. The minimum Gasteiger partial charge on any atom is -0.383 e. The summed E-state index contributed by atoms with van der Waals surface area (Å²) >= 11 is 0. The minimum absolute atomic E-state index is 0.183. The Kier molecular flexibility index (Phi) is 4.59. The zero-order valence-electron chi connectivity index (χ0n) is 9.83. The van der Waals surface area contributed by atoms with E-state index in [1.54, 1.807) is 0 Å². The van der Waals surface area contributed by atoms with Crippen molar-refractivity contribution in [3.05, 3.63) is 29.8 Å². The highest BCUT2D eigenvalue weighted by Crippen LogP contribution is 2.11. The first-order valence-corrected chi connectivity index (χ1v) is 5.31. The van der Waals surface area contributed by atoms with Crippen LogP contribution in [0.2, 0.25) is 0 Å². The van der Waals surface area contributed by atoms with Gasteiger partial charge in [0.05, 0.1) is 0 Å². The Hall–Kier alpha value is -1.06. The van der Waals surface area contributed by atoms with Crippen molar-refractivity contribution >= 4 is 5.69 Å². The number of rotatable bonds is 5. The van der Waals surface area contributed by atoms with Crippen LogP contribution in [0.1, 0.15) is 12.5 Å². The predicted molar refractivity (Wildman–Crippen MR) is 66.0 cm³/mol. The fourth-order valence-electron chi connectivity index (χ4n) is 1.42. The van der Waals surface area contributed by atoms with Gasteiger partial charge in [-0.1, -0.05) is 12.1 Å². The molecule has 0 heterocycles. The summed E-state index contributed by atoms with van der Waals surface area (Å²) < 4.78 is 0. The van der Waals surface area contributed by atoms with Crippen molar-refractivity contribution in [2.24, 2.45) is 5.73 Å². The molecule has 15 heavy (non-hydrogen) atoms. The van der Waals surface area contributed by atoms with Gasteiger partial charge < -0.3 is 16.0 Å². The van der Waals surface area contributed by atoms with Crippen LogP contribution in [0.25, 0.3) is 0 Å². The lowest BCUT2D eigenvalue weighted by molar-refractivity contribution is 0.402. The van der Waals surface area contributed by atoms with Crippen LogP contribution >= 0.6 is 0 Å². The molecule has 3 nitrogen and oxygen atoms in total. The maximum atomic E-state index is 5.69. The van der Waals surface area contributed by atoms with E-state index in [0.717, 1.165) is 18.8 Å². The Morgan fingerprint density at radius 1 is 1.40 bits per heavy atom. The maximum Gasteiger partial charge on any atom is 0.0343 e. The summed E-state index contributed by atoms with van der Waals surface area (Å²) in [7, 11) is 4.14. The molecule has 3 heteroatoms. The Labute approximate surface area is 92.3 Å². The van der Waals surface area contributed by atoms with Crippen LogP contribution in [0.3, 0.4) is 0 Å². The van der Waals surface area contributed by atoms with E-state index in [9.17, 15) is 0 Å². The number of benzene rings is 1. The number of anilines is 1. The highest BCUT2D eigenvalue weighted by molar-refractivity contribution is 5.45. The molecule has 0 aliphatic heterocycles. The lowest BCUT2D eigenvalue weighted by Gasteiger charge is -2.13. The largest absolute Gasteiger partial charge is 0.383 e. The van der Waals surface area contributed by atoms with Crippen molar-refractivity contribution in [3.8, 4) is 0 Å². The normalized spacial score (nSPS) is 12.9. The van der Waals surface area contributed by atoms with Crippen LogP contribution in [0.5, 0.6) is 0 Å². The Bertz CT molecular complexity index is 295. The molecule has 1 aromatic carbocycles. The summed E-state index contributed by atoms with van der Waals surface area (Å²) in [5, 5.41) is 3.31. The molecule has 0 saturated carbocycles. The maximum absolute atomic E-state index is 5.69. The molecule has 1 atom stereocenters. The number of nitrogens with two attached hydrogens (primary N) is 1. The van der Waals surface area contributed by atoms with Crippen LogP contribution in [-0.4, -0.2) is 31.6 Å². The van der Waals surface area contributed by atoms with Crippen molar-refractivity contribution in [3.63, 3.8) is 0 Å². The molecule has 0 spiro atoms. The van der Waals surface area contributed by atoms with Crippen molar-refractivity contribution in [1.29, 1.82) is 0 Å². The van der Waals surface area contributed by atoms with Gasteiger partial charge in [0, 0.05) is 24.8 Å². The highest BCUT2D eigenvalue weighted by atomic mass is 15.0. The van der Waals surface area contributed by atoms with Gasteiger partial charge in [0.25, 0.3) is 0 Å². The summed E-state index contributed by atoms with van der Waals surface area (Å²) in [6.45, 7) is 3.77. The molecule has 1 aromatic rings. The zero-order chi connectivity index (χ0) is 11.3. The van der Waals surface area contributed by atoms with Gasteiger partial charge in [-0.3, -0.25) is 0 Å². The summed E-state index contributed by atoms with van der Waals surface area (Å²) in [4.78, 5) is 2.16. The predicted octanol–water partition coefficient (Wildman–Crippen LogP) is 1.51. The molecule has 84 valence electrons. The third-order valence-corrected chi connectivity index (χ3v) is 2.05. The summed E-state index contributed by atoms with van der Waals surface area (Å²) in [6.07, 6.45) is 0. The smallest absolute Gasteiger partial charge is 0.0343 e. The Morgan fingerprint density at radius 3 is 2.73 bits per heavy atom. The molecular weight excluding hydrogens is 186 g/mol. The van der Waals surface area contributed by atoms with E-state index >= 15 is 0 Å². The van der Waals surface area contributed by atoms with Crippen molar-refractivity contribution in [2.45, 2.75) is 19.5 Å². The van der Waals surface area contributed by atoms with Crippen LogP contribution < -0.4 is 11.1 Å². The SMILES string of the molecule is CC(N)CNc1cccc(CN(C)C)c1. The topological polar surface area (TPSA) is 41.3 Å². The Morgan fingerprint density at radius 2 is 2.13 bits per heavy atom. The molecule has 0 bridgehead atoms. The molecule has 3 N–H and O–H groups in total. The molecule has 1 unspecified atom stereocenters. The Balaban J connectivity index is 2.57. The highest BCUT2D eigenvalue weighted by Gasteiger charge is 1.98. The number of nitrogens with zero attached hydrogens (tertiary/aromatic N) is 1. The van der Waals surface area contributed by atoms with E-state index in [1.807, 2.05) is 6.92 Å². The fourth-order valence-corrected chi connectivity index (χ4v) is 1.42. The molecule has 0 saturated heterocycles. The number of hydrogen-bond donors (Lipinski definition) is 2. The third-order valence-electron chi connectivity index (χ3n) is 2.05.